The molecule has 1 aliphatic heterocycles. The molecule has 0 aromatic carbocycles. The molecule has 0 unspecified atom stereocenters. The van der Waals surface area contributed by atoms with Gasteiger partial charge in [-0.3, -0.25) is 9.78 Å². The van der Waals surface area contributed by atoms with Gasteiger partial charge in [-0.2, -0.15) is 0 Å². The zero-order valence-electron chi connectivity index (χ0n) is 13.5. The molecule has 132 valence electrons. The van der Waals surface area contributed by atoms with Crippen molar-refractivity contribution in [3.63, 3.8) is 0 Å². The zero-order chi connectivity index (χ0) is 17.8. The number of nitrogens with one attached hydrogen (secondary N) is 1. The van der Waals surface area contributed by atoms with Gasteiger partial charge in [-0.15, -0.1) is 0 Å². The number of primary amides is 1. The molecule has 2 aromatic rings. The predicted octanol–water partition coefficient (Wildman–Crippen LogP) is 2.87. The molecular weight excluding hydrogens is 347 g/mol. The lowest BCUT2D eigenvalue weighted by Gasteiger charge is -2.22. The van der Waals surface area contributed by atoms with Crippen LogP contribution in [0.3, 0.4) is 0 Å². The van der Waals surface area contributed by atoms with Gasteiger partial charge < -0.3 is 15.8 Å². The van der Waals surface area contributed by atoms with E-state index in [0.717, 1.165) is 32.3 Å². The molecular formula is C17H18ClFN4O2. The molecule has 6 nitrogen and oxygen atoms in total. The smallest absolute Gasteiger partial charge is 0.250 e. The molecule has 1 aliphatic rings. The van der Waals surface area contributed by atoms with Crippen molar-refractivity contribution in [1.82, 2.24) is 9.97 Å². The second-order valence-corrected chi connectivity index (χ2v) is 6.25. The van der Waals surface area contributed by atoms with E-state index in [1.807, 2.05) is 0 Å². The maximum atomic E-state index is 14.1. The van der Waals surface area contributed by atoms with Crippen molar-refractivity contribution in [3.8, 4) is 11.3 Å². The molecule has 1 amide bonds. The van der Waals surface area contributed by atoms with Crippen LogP contribution in [0.25, 0.3) is 11.3 Å². The minimum atomic E-state index is -0.697. The van der Waals surface area contributed by atoms with Gasteiger partial charge in [0.25, 0.3) is 0 Å². The van der Waals surface area contributed by atoms with Gasteiger partial charge >= 0.3 is 0 Å². The number of carbonyl (C=O) groups is 1. The Balaban J connectivity index is 1.93. The summed E-state index contributed by atoms with van der Waals surface area (Å²) in [4.78, 5) is 19.8. The van der Waals surface area contributed by atoms with Gasteiger partial charge in [-0.25, -0.2) is 9.37 Å². The zero-order valence-corrected chi connectivity index (χ0v) is 14.2. The van der Waals surface area contributed by atoms with Crippen LogP contribution in [-0.4, -0.2) is 35.6 Å². The van der Waals surface area contributed by atoms with Crippen molar-refractivity contribution in [2.75, 3.05) is 25.1 Å². The summed E-state index contributed by atoms with van der Waals surface area (Å²) >= 11 is 6.24. The summed E-state index contributed by atoms with van der Waals surface area (Å²) < 4.78 is 19.4. The van der Waals surface area contributed by atoms with Crippen LogP contribution in [0, 0.1) is 11.7 Å². The van der Waals surface area contributed by atoms with Gasteiger partial charge in [0.2, 0.25) is 5.91 Å². The minimum absolute atomic E-state index is 0.0224. The lowest BCUT2D eigenvalue weighted by molar-refractivity contribution is 0.0699. The third kappa shape index (κ3) is 4.05. The summed E-state index contributed by atoms with van der Waals surface area (Å²) in [7, 11) is 0. The van der Waals surface area contributed by atoms with Crippen LogP contribution in [0.5, 0.6) is 0 Å². The first-order valence-electron chi connectivity index (χ1n) is 7.98. The number of hydrogen-bond donors (Lipinski definition) is 2. The molecule has 0 saturated carbocycles. The molecule has 0 aliphatic carbocycles. The second kappa shape index (κ2) is 7.76. The number of halogens is 2. The molecule has 3 N–H and O–H groups in total. The highest BCUT2D eigenvalue weighted by Crippen LogP contribution is 2.32. The minimum Gasteiger partial charge on any atom is -0.381 e. The predicted molar refractivity (Wildman–Crippen MR) is 93.0 cm³/mol. The van der Waals surface area contributed by atoms with Gasteiger partial charge in [0.1, 0.15) is 5.82 Å². The van der Waals surface area contributed by atoms with Crippen LogP contribution in [-0.2, 0) is 4.74 Å². The molecule has 2 aromatic heterocycles. The van der Waals surface area contributed by atoms with E-state index in [1.165, 1.54) is 18.3 Å². The van der Waals surface area contributed by atoms with E-state index < -0.39 is 11.7 Å². The maximum Gasteiger partial charge on any atom is 0.250 e. The Labute approximate surface area is 149 Å². The quantitative estimate of drug-likeness (QED) is 0.851. The summed E-state index contributed by atoms with van der Waals surface area (Å²) in [5, 5.41) is 3.22. The Morgan fingerprint density at radius 1 is 1.44 bits per heavy atom. The number of hydrogen-bond acceptors (Lipinski definition) is 5. The summed E-state index contributed by atoms with van der Waals surface area (Å²) in [5.41, 5.74) is 5.82. The molecule has 3 rings (SSSR count). The van der Waals surface area contributed by atoms with Crippen LogP contribution in [0.4, 0.5) is 10.2 Å². The van der Waals surface area contributed by atoms with Gasteiger partial charge in [-0.05, 0) is 30.9 Å². The molecule has 25 heavy (non-hydrogen) atoms. The number of ether oxygens (including phenoxy) is 1. The van der Waals surface area contributed by atoms with Crippen LogP contribution >= 0.6 is 11.6 Å². The van der Waals surface area contributed by atoms with Gasteiger partial charge in [0.15, 0.2) is 5.82 Å². The SMILES string of the molecule is NC(=O)c1cc(NCC2CCOCC2)nc(-c2ccncc2F)c1Cl. The largest absolute Gasteiger partial charge is 0.381 e. The van der Waals surface area contributed by atoms with E-state index >= 15 is 0 Å². The average Bonchev–Trinajstić information content (AvgIpc) is 2.62. The molecule has 1 saturated heterocycles. The topological polar surface area (TPSA) is 90.1 Å². The van der Waals surface area contributed by atoms with E-state index in [9.17, 15) is 9.18 Å². The van der Waals surface area contributed by atoms with Crippen molar-refractivity contribution in [2.24, 2.45) is 11.7 Å². The first-order valence-corrected chi connectivity index (χ1v) is 8.36. The molecule has 8 heteroatoms. The first-order chi connectivity index (χ1) is 12.1. The number of anilines is 1. The van der Waals surface area contributed by atoms with Gasteiger partial charge in [0.05, 0.1) is 22.5 Å². The number of nitrogens with zero attached hydrogens (tertiary/aromatic N) is 2. The fourth-order valence-corrected chi connectivity index (χ4v) is 3.04. The number of amides is 1. The Kier molecular flexibility index (Phi) is 5.45. The summed E-state index contributed by atoms with van der Waals surface area (Å²) in [6.45, 7) is 2.15. The molecule has 0 bridgehead atoms. The fourth-order valence-electron chi connectivity index (χ4n) is 2.74. The molecule has 1 fully saturated rings. The summed E-state index contributed by atoms with van der Waals surface area (Å²) in [5.74, 6) is -0.397. The van der Waals surface area contributed by atoms with Crippen LogP contribution in [0.1, 0.15) is 23.2 Å². The van der Waals surface area contributed by atoms with Crippen molar-refractivity contribution in [3.05, 3.63) is 40.9 Å². The maximum absolute atomic E-state index is 14.1. The van der Waals surface area contributed by atoms with Crippen LogP contribution < -0.4 is 11.1 Å². The summed E-state index contributed by atoms with van der Waals surface area (Å²) in [6, 6.07) is 2.95. The van der Waals surface area contributed by atoms with Crippen molar-refractivity contribution < 1.29 is 13.9 Å². The average molecular weight is 365 g/mol. The first kappa shape index (κ1) is 17.6. The molecule has 0 atom stereocenters. The Morgan fingerprint density at radius 3 is 2.88 bits per heavy atom. The monoisotopic (exact) mass is 364 g/mol. The van der Waals surface area contributed by atoms with Gasteiger partial charge in [0, 0.05) is 31.5 Å². The number of aromatic nitrogens is 2. The van der Waals surface area contributed by atoms with Gasteiger partial charge in [-0.1, -0.05) is 11.6 Å². The van der Waals surface area contributed by atoms with E-state index in [0.29, 0.717) is 18.3 Å². The third-order valence-electron chi connectivity index (χ3n) is 4.16. The highest BCUT2D eigenvalue weighted by atomic mass is 35.5. The highest BCUT2D eigenvalue weighted by Gasteiger charge is 2.20. The molecule has 0 radical (unpaired) electrons. The number of pyridine rings is 2. The van der Waals surface area contributed by atoms with E-state index in [2.05, 4.69) is 15.3 Å². The highest BCUT2D eigenvalue weighted by molar-refractivity contribution is 6.36. The van der Waals surface area contributed by atoms with Crippen molar-refractivity contribution in [1.29, 1.82) is 0 Å². The number of carbonyl (C=O) groups excluding carboxylic acids is 1. The van der Waals surface area contributed by atoms with E-state index in [4.69, 9.17) is 22.1 Å². The third-order valence-corrected chi connectivity index (χ3v) is 4.55. The summed E-state index contributed by atoms with van der Waals surface area (Å²) in [6.07, 6.45) is 4.41. The lowest BCUT2D eigenvalue weighted by Crippen LogP contribution is -2.23. The van der Waals surface area contributed by atoms with Crippen molar-refractivity contribution in [2.45, 2.75) is 12.8 Å². The number of rotatable bonds is 5. The van der Waals surface area contributed by atoms with Crippen LogP contribution in [0.15, 0.2) is 24.5 Å². The van der Waals surface area contributed by atoms with E-state index in [-0.39, 0.29) is 21.8 Å². The lowest BCUT2D eigenvalue weighted by atomic mass is 10.0. The fraction of sp³-hybridized carbons (Fsp3) is 0.353. The van der Waals surface area contributed by atoms with E-state index in [1.54, 1.807) is 0 Å². The second-order valence-electron chi connectivity index (χ2n) is 5.87. The molecule has 0 spiro atoms. The normalized spacial score (nSPS) is 15.1. The van der Waals surface area contributed by atoms with Crippen molar-refractivity contribution >= 4 is 23.3 Å². The number of nitrogens with two attached hydrogens (primary N) is 1. The Hall–Kier alpha value is -2.25. The Morgan fingerprint density at radius 2 is 2.20 bits per heavy atom. The Bertz CT molecular complexity index is 781. The standard InChI is InChI=1S/C17H18ClFN4O2/c18-15-12(17(20)24)7-14(22-8-10-2-5-25-6-3-10)23-16(15)11-1-4-21-9-13(11)19/h1,4,7,9-10H,2-3,5-6,8H2,(H2,20,24)(H,22,23). The molecule has 3 heterocycles. The van der Waals surface area contributed by atoms with Crippen LogP contribution in [0.2, 0.25) is 5.02 Å².